The Morgan fingerprint density at radius 1 is 1.30 bits per heavy atom. The highest BCUT2D eigenvalue weighted by Gasteiger charge is 2.38. The summed E-state index contributed by atoms with van der Waals surface area (Å²) in [6.07, 6.45) is -5.08. The number of halogens is 3. The first kappa shape index (κ1) is 18.3. The third kappa shape index (κ3) is 5.16. The number of carboxylic acid groups (broad SMARTS) is 1. The van der Waals surface area contributed by atoms with E-state index in [1.165, 1.54) is 7.11 Å². The number of nitrogens with two attached hydrogens (primary N) is 1. The van der Waals surface area contributed by atoms with E-state index in [-0.39, 0.29) is 12.1 Å². The zero-order valence-corrected chi connectivity index (χ0v) is 12.3. The molecule has 2 aliphatic heterocycles. The summed E-state index contributed by atoms with van der Waals surface area (Å²) < 4.78 is 42.0. The number of hydrogen-bond donors (Lipinski definition) is 3. The van der Waals surface area contributed by atoms with Gasteiger partial charge in [-0.1, -0.05) is 0 Å². The van der Waals surface area contributed by atoms with Crippen molar-refractivity contribution in [1.29, 1.82) is 0 Å². The van der Waals surface area contributed by atoms with E-state index in [1.807, 2.05) is 13.8 Å². The van der Waals surface area contributed by atoms with Crippen LogP contribution in [0.25, 0.3) is 11.5 Å². The lowest BCUT2D eigenvalue weighted by molar-refractivity contribution is -0.192. The number of aromatic amines is 1. The Balaban J connectivity index is 0.000000322. The summed E-state index contributed by atoms with van der Waals surface area (Å²) in [6.45, 7) is 3.79. The van der Waals surface area contributed by atoms with Gasteiger partial charge in [-0.25, -0.2) is 4.79 Å². The second-order valence-electron chi connectivity index (χ2n) is 4.31. The molecule has 2 rings (SSSR count). The van der Waals surface area contributed by atoms with Gasteiger partial charge >= 0.3 is 18.2 Å². The van der Waals surface area contributed by atoms with Crippen molar-refractivity contribution in [1.82, 2.24) is 19.9 Å². The van der Waals surface area contributed by atoms with Crippen LogP contribution in [0.2, 0.25) is 0 Å². The maximum absolute atomic E-state index is 10.6. The standard InChI is InChI=1S/C9H13N5O2.C2HF3O2/c1-4(2)16-9-12-6(10)5-7(14-9)13-8(11-5)15-3;3-2(4,5)1(6)7/h4H,1-3H3,(H3,10,11,12,13,14);(H,6,7). The lowest BCUT2D eigenvalue weighted by Crippen LogP contribution is -2.21. The minimum absolute atomic E-state index is 0.00502. The Morgan fingerprint density at radius 2 is 1.87 bits per heavy atom. The number of nitrogens with one attached hydrogen (secondary N) is 1. The summed E-state index contributed by atoms with van der Waals surface area (Å²) in [7, 11) is 1.49. The summed E-state index contributed by atoms with van der Waals surface area (Å²) in [4.78, 5) is 23.9. The molecule has 0 bridgehead atoms. The van der Waals surface area contributed by atoms with Crippen LogP contribution in [0.5, 0.6) is 12.0 Å². The highest BCUT2D eigenvalue weighted by molar-refractivity contribution is 5.73. The molecule has 0 amide bonds. The normalized spacial score (nSPS) is 11.1. The number of rotatable bonds is 3. The quantitative estimate of drug-likeness (QED) is 0.762. The molecule has 9 nitrogen and oxygen atoms in total. The number of hydrogen-bond acceptors (Lipinski definition) is 7. The van der Waals surface area contributed by atoms with Gasteiger partial charge in [0.2, 0.25) is 0 Å². The predicted molar refractivity (Wildman–Crippen MR) is 71.2 cm³/mol. The lowest BCUT2D eigenvalue weighted by atomic mass is 10.4. The molecule has 0 radical (unpaired) electrons. The number of alkyl halides is 3. The molecule has 4 N–H and O–H groups in total. The molecule has 0 spiro atoms. The van der Waals surface area contributed by atoms with Gasteiger partial charge in [-0.2, -0.15) is 28.1 Å². The van der Waals surface area contributed by atoms with Crippen molar-refractivity contribution in [3.05, 3.63) is 0 Å². The van der Waals surface area contributed by atoms with Gasteiger partial charge in [0.15, 0.2) is 11.5 Å². The predicted octanol–water partition coefficient (Wildman–Crippen LogP) is 1.32. The van der Waals surface area contributed by atoms with E-state index in [4.69, 9.17) is 25.1 Å². The zero-order chi connectivity index (χ0) is 17.8. The number of nitrogen functional groups attached to an aromatic ring is 1. The number of fused-ring (bicyclic) bond motifs is 1. The Kier molecular flexibility index (Phi) is 5.54. The van der Waals surface area contributed by atoms with Gasteiger partial charge in [-0.15, -0.1) is 0 Å². The van der Waals surface area contributed by atoms with Gasteiger partial charge in [-0.3, -0.25) is 4.98 Å². The molecule has 0 aromatic rings. The fourth-order valence-corrected chi connectivity index (χ4v) is 1.24. The van der Waals surface area contributed by atoms with Crippen molar-refractivity contribution in [2.45, 2.75) is 26.1 Å². The van der Waals surface area contributed by atoms with Crippen LogP contribution in [0.1, 0.15) is 13.8 Å². The number of aliphatic carboxylic acids is 1. The second kappa shape index (κ2) is 6.98. The first-order valence-electron chi connectivity index (χ1n) is 6.08. The van der Waals surface area contributed by atoms with Crippen LogP contribution in [-0.4, -0.2) is 50.4 Å². The Morgan fingerprint density at radius 3 is 2.30 bits per heavy atom. The van der Waals surface area contributed by atoms with Crippen molar-refractivity contribution >= 4 is 11.8 Å². The number of nitrogens with zero attached hydrogens (tertiary/aromatic N) is 3. The van der Waals surface area contributed by atoms with Crippen molar-refractivity contribution in [3.63, 3.8) is 0 Å². The first-order valence-corrected chi connectivity index (χ1v) is 6.08. The van der Waals surface area contributed by atoms with E-state index in [2.05, 4.69) is 19.9 Å². The molecule has 2 aliphatic rings. The number of anilines is 1. The monoisotopic (exact) mass is 337 g/mol. The minimum atomic E-state index is -5.08. The Hall–Kier alpha value is -2.79. The maximum atomic E-state index is 10.6. The van der Waals surface area contributed by atoms with Crippen LogP contribution in [-0.2, 0) is 4.79 Å². The van der Waals surface area contributed by atoms with Crippen LogP contribution in [0, 0.1) is 0 Å². The summed E-state index contributed by atoms with van der Waals surface area (Å²) in [5.74, 6) is -1.99. The van der Waals surface area contributed by atoms with Gasteiger partial charge in [0.05, 0.1) is 13.2 Å². The summed E-state index contributed by atoms with van der Waals surface area (Å²) in [6, 6.07) is 0.562. The van der Waals surface area contributed by atoms with Gasteiger partial charge < -0.3 is 20.3 Å². The second-order valence-corrected chi connectivity index (χ2v) is 4.31. The molecule has 2 heterocycles. The summed E-state index contributed by atoms with van der Waals surface area (Å²) in [5, 5.41) is 7.12. The van der Waals surface area contributed by atoms with E-state index >= 15 is 0 Å². The Labute approximate surface area is 128 Å². The number of imidazole rings is 1. The summed E-state index contributed by atoms with van der Waals surface area (Å²) in [5.41, 5.74) is 6.25. The van der Waals surface area contributed by atoms with Crippen LogP contribution in [0.15, 0.2) is 0 Å². The van der Waals surface area contributed by atoms with Gasteiger partial charge in [0.1, 0.15) is 5.82 Å². The number of ether oxygens (including phenoxy) is 2. The maximum Gasteiger partial charge on any atom is 0.490 e. The molecule has 0 saturated heterocycles. The molecule has 0 fully saturated rings. The van der Waals surface area contributed by atoms with Crippen LogP contribution in [0.4, 0.5) is 19.0 Å². The number of aromatic nitrogens is 4. The van der Waals surface area contributed by atoms with Crippen molar-refractivity contribution in [2.24, 2.45) is 0 Å². The number of carbonyl (C=O) groups is 1. The molecule has 128 valence electrons. The van der Waals surface area contributed by atoms with E-state index in [1.54, 1.807) is 0 Å². The van der Waals surface area contributed by atoms with Gasteiger partial charge in [0, 0.05) is 0 Å². The largest absolute Gasteiger partial charge is 0.490 e. The van der Waals surface area contributed by atoms with Gasteiger partial charge in [-0.05, 0) is 13.8 Å². The van der Waals surface area contributed by atoms with Crippen LogP contribution in [0.3, 0.4) is 0 Å². The molecule has 0 unspecified atom stereocenters. The first-order chi connectivity index (χ1) is 10.5. The molecular weight excluding hydrogens is 323 g/mol. The summed E-state index contributed by atoms with van der Waals surface area (Å²) >= 11 is 0. The zero-order valence-electron chi connectivity index (χ0n) is 12.3. The lowest BCUT2D eigenvalue weighted by Gasteiger charge is -2.10. The van der Waals surface area contributed by atoms with E-state index in [9.17, 15) is 13.2 Å². The molecule has 0 aliphatic carbocycles. The van der Waals surface area contributed by atoms with E-state index in [0.717, 1.165) is 0 Å². The Bertz CT molecular complexity index is 643. The highest BCUT2D eigenvalue weighted by atomic mass is 19.4. The van der Waals surface area contributed by atoms with E-state index in [0.29, 0.717) is 23.3 Å². The molecule has 0 atom stereocenters. The van der Waals surface area contributed by atoms with Crippen molar-refractivity contribution in [3.8, 4) is 23.5 Å². The third-order valence-electron chi connectivity index (χ3n) is 2.10. The number of methoxy groups -OCH3 is 1. The molecule has 12 heteroatoms. The highest BCUT2D eigenvalue weighted by Crippen LogP contribution is 2.26. The average Bonchev–Trinajstić information content (AvgIpc) is 2.81. The fraction of sp³-hybridized carbons (Fsp3) is 0.455. The van der Waals surface area contributed by atoms with Crippen molar-refractivity contribution in [2.75, 3.05) is 12.8 Å². The topological polar surface area (TPSA) is 136 Å². The van der Waals surface area contributed by atoms with E-state index < -0.39 is 12.1 Å². The third-order valence-corrected chi connectivity index (χ3v) is 2.10. The minimum Gasteiger partial charge on any atom is -0.475 e. The fourth-order valence-electron chi connectivity index (χ4n) is 1.24. The molecule has 0 aromatic carbocycles. The average molecular weight is 337 g/mol. The number of carboxylic acids is 1. The SMILES string of the molecule is COc1nc2nc(OC(C)C)[nH]c(N)c-2n1.O=C(O)C(F)(F)F. The molecule has 0 saturated carbocycles. The molecule has 23 heavy (non-hydrogen) atoms. The molecule has 0 aromatic heterocycles. The van der Waals surface area contributed by atoms with Crippen molar-refractivity contribution < 1.29 is 32.5 Å². The smallest absolute Gasteiger partial charge is 0.475 e. The van der Waals surface area contributed by atoms with Gasteiger partial charge in [0.25, 0.3) is 6.01 Å². The molecular formula is C11H14F3N5O4. The van der Waals surface area contributed by atoms with Crippen LogP contribution >= 0.6 is 0 Å². The van der Waals surface area contributed by atoms with Crippen LogP contribution < -0.4 is 15.2 Å². The number of H-pyrrole nitrogens is 1.